The second-order valence-electron chi connectivity index (χ2n) is 5.45. The number of nitrogens with one attached hydrogen (secondary N) is 1. The van der Waals surface area contributed by atoms with Crippen LogP contribution in [0.5, 0.6) is 0 Å². The Bertz CT molecular complexity index is 594. The number of aliphatic hydroxyl groups excluding tert-OH is 1. The Hall–Kier alpha value is -1.24. The fraction of sp³-hybridized carbons (Fsp3) is 0.600. The predicted octanol–water partition coefficient (Wildman–Crippen LogP) is 1.80. The summed E-state index contributed by atoms with van der Waals surface area (Å²) in [4.78, 5) is 13.4. The van der Waals surface area contributed by atoms with Crippen molar-refractivity contribution in [3.63, 3.8) is 0 Å². The molecule has 1 unspecified atom stereocenters. The summed E-state index contributed by atoms with van der Waals surface area (Å²) in [5.74, 6) is 0.957. The van der Waals surface area contributed by atoms with Crippen molar-refractivity contribution in [3.8, 4) is 0 Å². The average Bonchev–Trinajstić information content (AvgIpc) is 3.14. The zero-order chi connectivity index (χ0) is 14.7. The quantitative estimate of drug-likeness (QED) is 0.852. The smallest absolute Gasteiger partial charge is 0.140 e. The number of fused-ring (bicyclic) bond motifs is 1. The fourth-order valence-electron chi connectivity index (χ4n) is 2.90. The van der Waals surface area contributed by atoms with Crippen LogP contribution < -0.4 is 10.2 Å². The molecule has 21 heavy (non-hydrogen) atoms. The standard InChI is InChI=1S/C15H22N4OS/c1-2-12-8-13-14(17-10-18-15(13)21-12)19(6-7-20)9-11-4-3-5-16-11/h8,10-11,16,20H,2-7,9H2,1H3. The van der Waals surface area contributed by atoms with Gasteiger partial charge in [-0.2, -0.15) is 0 Å². The van der Waals surface area contributed by atoms with E-state index < -0.39 is 0 Å². The van der Waals surface area contributed by atoms with Crippen molar-refractivity contribution >= 4 is 27.4 Å². The first-order valence-electron chi connectivity index (χ1n) is 7.64. The van der Waals surface area contributed by atoms with Crippen molar-refractivity contribution < 1.29 is 5.11 Å². The topological polar surface area (TPSA) is 61.3 Å². The van der Waals surface area contributed by atoms with Crippen LogP contribution in [0, 0.1) is 0 Å². The zero-order valence-electron chi connectivity index (χ0n) is 12.4. The number of hydrogen-bond donors (Lipinski definition) is 2. The molecular formula is C15H22N4OS. The molecule has 2 aromatic rings. The Kier molecular flexibility index (Phi) is 4.67. The highest BCUT2D eigenvalue weighted by atomic mass is 32.1. The van der Waals surface area contributed by atoms with Crippen LogP contribution in [-0.4, -0.2) is 47.4 Å². The van der Waals surface area contributed by atoms with Gasteiger partial charge in [0.05, 0.1) is 12.0 Å². The molecule has 1 aliphatic heterocycles. The van der Waals surface area contributed by atoms with Gasteiger partial charge in [-0.25, -0.2) is 9.97 Å². The van der Waals surface area contributed by atoms with Gasteiger partial charge in [0.2, 0.25) is 0 Å². The van der Waals surface area contributed by atoms with Gasteiger partial charge in [-0.15, -0.1) is 11.3 Å². The van der Waals surface area contributed by atoms with Gasteiger partial charge in [-0.3, -0.25) is 0 Å². The molecule has 0 bridgehead atoms. The molecule has 114 valence electrons. The third-order valence-electron chi connectivity index (χ3n) is 3.98. The lowest BCUT2D eigenvalue weighted by molar-refractivity contribution is 0.300. The molecule has 0 aliphatic carbocycles. The summed E-state index contributed by atoms with van der Waals surface area (Å²) in [5, 5.41) is 14.0. The number of rotatable bonds is 6. The van der Waals surface area contributed by atoms with E-state index in [1.54, 1.807) is 17.7 Å². The summed E-state index contributed by atoms with van der Waals surface area (Å²) in [6.45, 7) is 4.90. The van der Waals surface area contributed by atoms with E-state index in [0.717, 1.165) is 35.5 Å². The molecule has 6 heteroatoms. The molecule has 0 spiro atoms. The molecule has 3 rings (SSSR count). The third-order valence-corrected chi connectivity index (χ3v) is 5.17. The molecule has 2 N–H and O–H groups in total. The Morgan fingerprint density at radius 1 is 1.48 bits per heavy atom. The van der Waals surface area contributed by atoms with Gasteiger partial charge in [0, 0.05) is 24.0 Å². The number of nitrogens with zero attached hydrogens (tertiary/aromatic N) is 3. The van der Waals surface area contributed by atoms with Crippen LogP contribution >= 0.6 is 11.3 Å². The lowest BCUT2D eigenvalue weighted by Crippen LogP contribution is -2.39. The van der Waals surface area contributed by atoms with Crippen LogP contribution in [0.2, 0.25) is 0 Å². The monoisotopic (exact) mass is 306 g/mol. The number of hydrogen-bond acceptors (Lipinski definition) is 6. The summed E-state index contributed by atoms with van der Waals surface area (Å²) < 4.78 is 0. The summed E-state index contributed by atoms with van der Waals surface area (Å²) >= 11 is 1.73. The molecule has 0 radical (unpaired) electrons. The second-order valence-corrected chi connectivity index (χ2v) is 6.56. The molecular weight excluding hydrogens is 284 g/mol. The Balaban J connectivity index is 1.91. The third kappa shape index (κ3) is 3.17. The van der Waals surface area contributed by atoms with Gasteiger partial charge in [0.15, 0.2) is 0 Å². The fourth-order valence-corrected chi connectivity index (χ4v) is 3.83. The van der Waals surface area contributed by atoms with Crippen molar-refractivity contribution in [3.05, 3.63) is 17.3 Å². The van der Waals surface area contributed by atoms with Crippen molar-refractivity contribution in [1.29, 1.82) is 0 Å². The van der Waals surface area contributed by atoms with E-state index in [9.17, 15) is 5.11 Å². The molecule has 1 fully saturated rings. The SMILES string of the molecule is CCc1cc2c(N(CCO)CC3CCCN3)ncnc2s1. The van der Waals surface area contributed by atoms with Gasteiger partial charge in [0.1, 0.15) is 17.0 Å². The van der Waals surface area contributed by atoms with Crippen LogP contribution in [0.3, 0.4) is 0 Å². The van der Waals surface area contributed by atoms with E-state index in [1.165, 1.54) is 17.7 Å². The molecule has 1 saturated heterocycles. The minimum atomic E-state index is 0.142. The summed E-state index contributed by atoms with van der Waals surface area (Å²) in [7, 11) is 0. The summed E-state index contributed by atoms with van der Waals surface area (Å²) in [6, 6.07) is 2.69. The van der Waals surface area contributed by atoms with Gasteiger partial charge < -0.3 is 15.3 Å². The van der Waals surface area contributed by atoms with Crippen molar-refractivity contribution in [2.45, 2.75) is 32.2 Å². The minimum absolute atomic E-state index is 0.142. The highest BCUT2D eigenvalue weighted by Gasteiger charge is 2.20. The largest absolute Gasteiger partial charge is 0.395 e. The molecule has 0 saturated carbocycles. The number of aromatic nitrogens is 2. The number of aliphatic hydroxyl groups is 1. The van der Waals surface area contributed by atoms with E-state index >= 15 is 0 Å². The van der Waals surface area contributed by atoms with E-state index in [1.807, 2.05) is 0 Å². The first-order chi connectivity index (χ1) is 10.3. The van der Waals surface area contributed by atoms with Crippen molar-refractivity contribution in [2.75, 3.05) is 31.1 Å². The van der Waals surface area contributed by atoms with E-state index in [2.05, 4.69) is 33.2 Å². The maximum atomic E-state index is 9.39. The maximum Gasteiger partial charge on any atom is 0.140 e. The Labute approximate surface area is 129 Å². The molecule has 3 heterocycles. The van der Waals surface area contributed by atoms with Crippen LogP contribution in [0.25, 0.3) is 10.2 Å². The highest BCUT2D eigenvalue weighted by molar-refractivity contribution is 7.18. The molecule has 1 aliphatic rings. The highest BCUT2D eigenvalue weighted by Crippen LogP contribution is 2.30. The molecule has 2 aromatic heterocycles. The first-order valence-corrected chi connectivity index (χ1v) is 8.46. The van der Waals surface area contributed by atoms with Crippen LogP contribution in [0.15, 0.2) is 12.4 Å². The van der Waals surface area contributed by atoms with Crippen LogP contribution in [0.1, 0.15) is 24.6 Å². The number of anilines is 1. The lowest BCUT2D eigenvalue weighted by atomic mass is 10.2. The van der Waals surface area contributed by atoms with E-state index in [-0.39, 0.29) is 6.61 Å². The average molecular weight is 306 g/mol. The Morgan fingerprint density at radius 3 is 3.10 bits per heavy atom. The van der Waals surface area contributed by atoms with Gasteiger partial charge >= 0.3 is 0 Å². The van der Waals surface area contributed by atoms with Crippen molar-refractivity contribution in [2.24, 2.45) is 0 Å². The van der Waals surface area contributed by atoms with Gasteiger partial charge in [-0.05, 0) is 31.9 Å². The second kappa shape index (κ2) is 6.68. The number of thiophene rings is 1. The van der Waals surface area contributed by atoms with E-state index in [4.69, 9.17) is 0 Å². The van der Waals surface area contributed by atoms with Crippen molar-refractivity contribution in [1.82, 2.24) is 15.3 Å². The molecule has 5 nitrogen and oxygen atoms in total. The Morgan fingerprint density at radius 2 is 2.38 bits per heavy atom. The summed E-state index contributed by atoms with van der Waals surface area (Å²) in [6.07, 6.45) is 5.08. The predicted molar refractivity (Wildman–Crippen MR) is 87.1 cm³/mol. The van der Waals surface area contributed by atoms with Gasteiger partial charge in [0.25, 0.3) is 0 Å². The van der Waals surface area contributed by atoms with Gasteiger partial charge in [-0.1, -0.05) is 6.92 Å². The zero-order valence-corrected chi connectivity index (χ0v) is 13.2. The lowest BCUT2D eigenvalue weighted by Gasteiger charge is -2.26. The van der Waals surface area contributed by atoms with Crippen LogP contribution in [0.4, 0.5) is 5.82 Å². The molecule has 0 amide bonds. The van der Waals surface area contributed by atoms with Crippen LogP contribution in [-0.2, 0) is 6.42 Å². The maximum absolute atomic E-state index is 9.39. The minimum Gasteiger partial charge on any atom is -0.395 e. The summed E-state index contributed by atoms with van der Waals surface area (Å²) in [5.41, 5.74) is 0. The molecule has 1 atom stereocenters. The molecule has 0 aromatic carbocycles. The normalized spacial score (nSPS) is 18.5. The van der Waals surface area contributed by atoms with E-state index in [0.29, 0.717) is 12.6 Å². The number of aryl methyl sites for hydroxylation is 1. The first kappa shape index (κ1) is 14.7.